The van der Waals surface area contributed by atoms with Crippen LogP contribution in [0.2, 0.25) is 0 Å². The van der Waals surface area contributed by atoms with E-state index in [0.717, 1.165) is 109 Å². The summed E-state index contributed by atoms with van der Waals surface area (Å²) in [4.78, 5) is 73.2. The zero-order chi connectivity index (χ0) is 76.9. The molecule has 0 heterocycles. The van der Waals surface area contributed by atoms with Crippen LogP contribution in [0.1, 0.15) is 439 Å². The molecule has 0 aliphatic heterocycles. The van der Waals surface area contributed by atoms with Crippen LogP contribution in [0.5, 0.6) is 0 Å². The first-order valence-electron chi connectivity index (χ1n) is 44.0. The van der Waals surface area contributed by atoms with E-state index < -0.39 is 97.5 Å². The number of hydrogen-bond acceptors (Lipinski definition) is 15. The molecule has 0 aromatic heterocycles. The summed E-state index contributed by atoms with van der Waals surface area (Å²) < 4.78 is 68.9. The molecule has 19 heteroatoms. The van der Waals surface area contributed by atoms with Crippen LogP contribution in [0.25, 0.3) is 0 Å². The van der Waals surface area contributed by atoms with Crippen molar-refractivity contribution in [1.29, 1.82) is 0 Å². The average Bonchev–Trinajstić information content (AvgIpc) is 1.03. The minimum Gasteiger partial charge on any atom is -0.462 e. The third-order valence-electron chi connectivity index (χ3n) is 20.0. The predicted molar refractivity (Wildman–Crippen MR) is 432 cm³/mol. The standard InChI is InChI=1S/C86H164O17P2/c1-6-10-13-16-19-22-25-28-31-33-35-36-38-41-44-47-50-57-62-67-72-85(90)102-81(75-96-83(88)69-64-59-54-48-45-42-40-37-34-32-29-26-23-20-17-14-11-7-2)77-100-104(92,93)98-73-80(87)74-99-105(94,95)101-78-82(76-97-84(89)70-65-60-55-52-51-53-58-63-68-79(5)9-4)103-86(91)71-66-61-56-49-46-43-39-30-27-24-21-18-15-12-8-3/h24,27,30,39,79-82,87H,6-23,25-26,28-29,31-38,40-78H2,1-5H3,(H,92,93)(H,94,95)/b27-24-,39-30-/t79?,80-,81-,82-/m1/s1. The molecule has 0 fully saturated rings. The highest BCUT2D eigenvalue weighted by Gasteiger charge is 2.30. The number of phosphoric acid groups is 2. The van der Waals surface area contributed by atoms with Gasteiger partial charge in [0.05, 0.1) is 26.4 Å². The monoisotopic (exact) mass is 1530 g/mol. The lowest BCUT2D eigenvalue weighted by Gasteiger charge is -2.21. The maximum absolute atomic E-state index is 13.1. The van der Waals surface area contributed by atoms with E-state index in [1.807, 2.05) is 0 Å². The van der Waals surface area contributed by atoms with Crippen LogP contribution in [-0.4, -0.2) is 96.7 Å². The lowest BCUT2D eigenvalue weighted by molar-refractivity contribution is -0.161. The lowest BCUT2D eigenvalue weighted by Crippen LogP contribution is -2.30. The Labute approximate surface area is 643 Å². The summed E-state index contributed by atoms with van der Waals surface area (Å²) in [6.45, 7) is 7.30. The van der Waals surface area contributed by atoms with Crippen molar-refractivity contribution >= 4 is 39.5 Å². The third-order valence-corrected chi connectivity index (χ3v) is 21.9. The Morgan fingerprint density at radius 3 is 0.810 bits per heavy atom. The van der Waals surface area contributed by atoms with E-state index in [4.69, 9.17) is 37.0 Å². The fourth-order valence-corrected chi connectivity index (χ4v) is 14.5. The second-order valence-electron chi connectivity index (χ2n) is 30.5. The quantitative estimate of drug-likeness (QED) is 0.0169. The van der Waals surface area contributed by atoms with Gasteiger partial charge in [-0.1, -0.05) is 386 Å². The van der Waals surface area contributed by atoms with Crippen LogP contribution >= 0.6 is 15.6 Å². The van der Waals surface area contributed by atoms with Gasteiger partial charge in [0.25, 0.3) is 0 Å². The molecule has 3 unspecified atom stereocenters. The molecule has 105 heavy (non-hydrogen) atoms. The number of carbonyl (C=O) groups excluding carboxylic acids is 4. The first kappa shape index (κ1) is 103. The molecule has 0 amide bonds. The Morgan fingerprint density at radius 1 is 0.305 bits per heavy atom. The Balaban J connectivity index is 5.28. The van der Waals surface area contributed by atoms with E-state index in [2.05, 4.69) is 58.9 Å². The molecular formula is C86H164O17P2. The SMILES string of the molecule is CCCCCC/C=C\C=C/CCCCCCCC(=O)O[C@H](COC(=O)CCCCCCCCCCC(C)CC)COP(=O)(O)OC[C@H](O)COP(=O)(O)OC[C@@H](COC(=O)CCCCCCCCCCCCCCCCCCCC)OC(=O)CCCCCCCCCCCCCCCCCCCCCC. The maximum Gasteiger partial charge on any atom is 0.472 e. The van der Waals surface area contributed by atoms with Crippen LogP contribution in [-0.2, 0) is 65.4 Å². The number of rotatable bonds is 84. The molecule has 6 atom stereocenters. The van der Waals surface area contributed by atoms with Gasteiger partial charge in [0, 0.05) is 25.7 Å². The van der Waals surface area contributed by atoms with E-state index in [1.54, 1.807) is 0 Å². The van der Waals surface area contributed by atoms with Crippen molar-refractivity contribution in [2.24, 2.45) is 5.92 Å². The molecule has 3 N–H and O–H groups in total. The summed E-state index contributed by atoms with van der Waals surface area (Å²) in [6, 6.07) is 0. The molecule has 0 radical (unpaired) electrons. The van der Waals surface area contributed by atoms with Gasteiger partial charge in [-0.2, -0.15) is 0 Å². The van der Waals surface area contributed by atoms with Gasteiger partial charge in [-0.15, -0.1) is 0 Å². The number of carbonyl (C=O) groups is 4. The van der Waals surface area contributed by atoms with Crippen molar-refractivity contribution in [3.8, 4) is 0 Å². The first-order valence-corrected chi connectivity index (χ1v) is 47.0. The largest absolute Gasteiger partial charge is 0.472 e. The van der Waals surface area contributed by atoms with Crippen LogP contribution in [0.15, 0.2) is 24.3 Å². The minimum absolute atomic E-state index is 0.0851. The van der Waals surface area contributed by atoms with Gasteiger partial charge in [0.1, 0.15) is 19.3 Å². The highest BCUT2D eigenvalue weighted by molar-refractivity contribution is 7.47. The summed E-state index contributed by atoms with van der Waals surface area (Å²) >= 11 is 0. The molecule has 0 aromatic carbocycles. The summed E-state index contributed by atoms with van der Waals surface area (Å²) in [5.41, 5.74) is 0. The molecular weight excluding hydrogens is 1370 g/mol. The van der Waals surface area contributed by atoms with Crippen molar-refractivity contribution in [2.75, 3.05) is 39.6 Å². The second-order valence-corrected chi connectivity index (χ2v) is 33.4. The number of aliphatic hydroxyl groups excluding tert-OH is 1. The predicted octanol–water partition coefficient (Wildman–Crippen LogP) is 25.9. The van der Waals surface area contributed by atoms with Crippen molar-refractivity contribution < 1.29 is 80.2 Å². The maximum atomic E-state index is 13.1. The Hall–Kier alpha value is -2.46. The average molecular weight is 1530 g/mol. The molecule has 0 saturated heterocycles. The smallest absolute Gasteiger partial charge is 0.462 e. The fraction of sp³-hybridized carbons (Fsp3) is 0.907. The van der Waals surface area contributed by atoms with Crippen LogP contribution in [0, 0.1) is 5.92 Å². The van der Waals surface area contributed by atoms with Crippen molar-refractivity contribution in [3.63, 3.8) is 0 Å². The number of ether oxygens (including phenoxy) is 4. The van der Waals surface area contributed by atoms with Crippen LogP contribution in [0.3, 0.4) is 0 Å². The van der Waals surface area contributed by atoms with Gasteiger partial charge >= 0.3 is 39.5 Å². The Morgan fingerprint density at radius 2 is 0.533 bits per heavy atom. The number of aliphatic hydroxyl groups is 1. The molecule has 0 aliphatic rings. The third kappa shape index (κ3) is 78.0. The number of unbranched alkanes of at least 4 members (excludes halogenated alkanes) is 52. The Bertz CT molecular complexity index is 2090. The van der Waals surface area contributed by atoms with Crippen LogP contribution in [0.4, 0.5) is 0 Å². The summed E-state index contributed by atoms with van der Waals surface area (Å²) in [5.74, 6) is -1.36. The molecule has 0 aromatic rings. The minimum atomic E-state index is -4.97. The first-order chi connectivity index (χ1) is 51.1. The van der Waals surface area contributed by atoms with E-state index in [0.29, 0.717) is 25.7 Å². The van der Waals surface area contributed by atoms with Crippen molar-refractivity contribution in [1.82, 2.24) is 0 Å². The molecule has 0 saturated carbocycles. The number of esters is 4. The molecule has 17 nitrogen and oxygen atoms in total. The molecule has 0 bridgehead atoms. The molecule has 0 rings (SSSR count). The van der Waals surface area contributed by atoms with Gasteiger partial charge in [-0.25, -0.2) is 9.13 Å². The van der Waals surface area contributed by atoms with E-state index in [1.165, 1.54) is 250 Å². The van der Waals surface area contributed by atoms with Crippen LogP contribution < -0.4 is 0 Å². The molecule has 0 spiro atoms. The number of phosphoric ester groups is 2. The number of allylic oxidation sites excluding steroid dienone is 4. The van der Waals surface area contributed by atoms with Gasteiger partial charge in [0.2, 0.25) is 0 Å². The number of hydrogen-bond donors (Lipinski definition) is 3. The molecule has 620 valence electrons. The zero-order valence-electron chi connectivity index (χ0n) is 68.4. The van der Waals surface area contributed by atoms with E-state index in [9.17, 15) is 43.2 Å². The second kappa shape index (κ2) is 78.2. The van der Waals surface area contributed by atoms with Crippen molar-refractivity contribution in [2.45, 2.75) is 457 Å². The topological polar surface area (TPSA) is 237 Å². The van der Waals surface area contributed by atoms with E-state index >= 15 is 0 Å². The zero-order valence-corrected chi connectivity index (χ0v) is 70.1. The highest BCUT2D eigenvalue weighted by atomic mass is 31.2. The summed E-state index contributed by atoms with van der Waals surface area (Å²) in [7, 11) is -9.94. The summed E-state index contributed by atoms with van der Waals surface area (Å²) in [6.07, 6.45) is 74.4. The highest BCUT2D eigenvalue weighted by Crippen LogP contribution is 2.45. The van der Waals surface area contributed by atoms with Crippen molar-refractivity contribution in [3.05, 3.63) is 24.3 Å². The molecule has 0 aliphatic carbocycles. The van der Waals surface area contributed by atoms with Gasteiger partial charge < -0.3 is 33.8 Å². The summed E-state index contributed by atoms with van der Waals surface area (Å²) in [5, 5.41) is 10.7. The van der Waals surface area contributed by atoms with Gasteiger partial charge in [0.15, 0.2) is 12.2 Å². The van der Waals surface area contributed by atoms with E-state index in [-0.39, 0.29) is 25.7 Å². The normalized spacial score (nSPS) is 14.2. The lowest BCUT2D eigenvalue weighted by atomic mass is 9.99. The van der Waals surface area contributed by atoms with Gasteiger partial charge in [-0.05, 0) is 57.3 Å². The fourth-order valence-electron chi connectivity index (χ4n) is 12.9. The van der Waals surface area contributed by atoms with Gasteiger partial charge in [-0.3, -0.25) is 37.3 Å². The Kier molecular flexibility index (Phi) is 76.4.